The minimum atomic E-state index is -0.578. The van der Waals surface area contributed by atoms with Crippen LogP contribution in [0.1, 0.15) is 42.8 Å². The van der Waals surface area contributed by atoms with Gasteiger partial charge in [0.25, 0.3) is 0 Å². The summed E-state index contributed by atoms with van der Waals surface area (Å²) in [5.74, 6) is -0.0224. The van der Waals surface area contributed by atoms with Crippen LogP contribution in [0.5, 0.6) is 0 Å². The summed E-state index contributed by atoms with van der Waals surface area (Å²) in [6, 6.07) is 5.33. The monoisotopic (exact) mass is 484 g/mol. The van der Waals surface area contributed by atoms with E-state index in [2.05, 4.69) is 37.1 Å². The normalized spacial score (nSPS) is 19.7. The van der Waals surface area contributed by atoms with Crippen molar-refractivity contribution in [3.63, 3.8) is 0 Å². The Morgan fingerprint density at radius 1 is 1.09 bits per heavy atom. The molecule has 0 saturated carbocycles. The lowest BCUT2D eigenvalue weighted by atomic mass is 9.94. The Hall–Kier alpha value is -2.95. The Labute approximate surface area is 203 Å². The molecule has 0 aliphatic carbocycles. The van der Waals surface area contributed by atoms with E-state index < -0.39 is 11.6 Å². The predicted octanol–water partition coefficient (Wildman–Crippen LogP) is 4.31. The molecule has 0 radical (unpaired) electrons. The molecule has 2 saturated heterocycles. The molecule has 8 nitrogen and oxygen atoms in total. The van der Waals surface area contributed by atoms with E-state index in [4.69, 9.17) is 9.47 Å². The number of halogens is 2. The number of H-pyrrole nitrogens is 1. The van der Waals surface area contributed by atoms with Crippen LogP contribution < -0.4 is 5.32 Å². The number of benzene rings is 1. The fourth-order valence-corrected chi connectivity index (χ4v) is 4.68. The lowest BCUT2D eigenvalue weighted by molar-refractivity contribution is -0.00439. The zero-order chi connectivity index (χ0) is 24.4. The third-order valence-corrected chi connectivity index (χ3v) is 6.62. The van der Waals surface area contributed by atoms with Gasteiger partial charge in [0.1, 0.15) is 23.0 Å². The van der Waals surface area contributed by atoms with Crippen molar-refractivity contribution in [2.45, 2.75) is 45.2 Å². The van der Waals surface area contributed by atoms with Gasteiger partial charge >= 0.3 is 0 Å². The summed E-state index contributed by atoms with van der Waals surface area (Å²) in [4.78, 5) is 18.5. The fraction of sp³-hybridized carbons (Fsp3) is 0.480. The first kappa shape index (κ1) is 23.8. The Balaban J connectivity index is 1.36. The van der Waals surface area contributed by atoms with Crippen LogP contribution in [0, 0.1) is 18.6 Å². The molecule has 3 aromatic rings. The molecular formula is C25H30F2N6O2. The molecular weight excluding hydrogens is 454 g/mol. The number of nitrogens with one attached hydrogen (secondary N) is 2. The molecule has 2 aromatic heterocycles. The number of morpholine rings is 1. The van der Waals surface area contributed by atoms with Gasteiger partial charge in [0, 0.05) is 44.0 Å². The highest BCUT2D eigenvalue weighted by Gasteiger charge is 2.25. The van der Waals surface area contributed by atoms with Crippen molar-refractivity contribution in [3.05, 3.63) is 53.1 Å². The molecule has 186 valence electrons. The van der Waals surface area contributed by atoms with Gasteiger partial charge in [-0.2, -0.15) is 0 Å². The number of ether oxygens (including phenoxy) is 2. The highest BCUT2D eigenvalue weighted by atomic mass is 19.1. The maximum Gasteiger partial charge on any atom is 0.228 e. The van der Waals surface area contributed by atoms with Crippen LogP contribution in [0.25, 0.3) is 11.4 Å². The first-order valence-electron chi connectivity index (χ1n) is 12.0. The largest absolute Gasteiger partial charge is 0.381 e. The van der Waals surface area contributed by atoms with Crippen LogP contribution in [-0.4, -0.2) is 63.8 Å². The summed E-state index contributed by atoms with van der Waals surface area (Å²) in [6.45, 7) is 8.06. The van der Waals surface area contributed by atoms with Gasteiger partial charge < -0.3 is 19.8 Å². The van der Waals surface area contributed by atoms with E-state index in [9.17, 15) is 8.78 Å². The van der Waals surface area contributed by atoms with Crippen molar-refractivity contribution in [2.24, 2.45) is 0 Å². The average molecular weight is 485 g/mol. The Morgan fingerprint density at radius 3 is 2.69 bits per heavy atom. The molecule has 0 bridgehead atoms. The second-order valence-electron chi connectivity index (χ2n) is 9.19. The van der Waals surface area contributed by atoms with Crippen LogP contribution in [0.4, 0.5) is 20.4 Å². The third kappa shape index (κ3) is 5.34. The minimum absolute atomic E-state index is 0.0895. The summed E-state index contributed by atoms with van der Waals surface area (Å²) in [7, 11) is 0. The molecule has 2 aliphatic rings. The maximum absolute atomic E-state index is 14.9. The standard InChI is InChI=1S/C25H30F2N6O2/c1-15-14-35-10-7-33(15)13-17-3-4-21(19(26)11-17)31-25-28-12-20(27)23(32-25)24-22(29-16(2)30-24)18-5-8-34-9-6-18/h3-4,11-12,15,18H,5-10,13-14H2,1-2H3,(H,29,30)(H,28,31,32)/t15-/m0/s1. The van der Waals surface area contributed by atoms with Gasteiger partial charge in [0.15, 0.2) is 5.82 Å². The smallest absolute Gasteiger partial charge is 0.228 e. The number of aryl methyl sites for hydroxylation is 1. The Morgan fingerprint density at radius 2 is 1.91 bits per heavy atom. The van der Waals surface area contributed by atoms with Gasteiger partial charge in [-0.05, 0) is 44.4 Å². The molecule has 0 spiro atoms. The topological polar surface area (TPSA) is 88.2 Å². The van der Waals surface area contributed by atoms with Crippen LogP contribution in [0.15, 0.2) is 24.4 Å². The molecule has 0 amide bonds. The lowest BCUT2D eigenvalue weighted by Crippen LogP contribution is -2.42. The number of hydrogen-bond donors (Lipinski definition) is 2. The summed E-state index contributed by atoms with van der Waals surface area (Å²) < 4.78 is 40.7. The molecule has 0 unspecified atom stereocenters. The van der Waals surface area contributed by atoms with Gasteiger partial charge in [-0.15, -0.1) is 0 Å². The van der Waals surface area contributed by atoms with Gasteiger partial charge in [-0.3, -0.25) is 4.90 Å². The molecule has 5 rings (SSSR count). The van der Waals surface area contributed by atoms with Gasteiger partial charge in [-0.25, -0.2) is 23.7 Å². The fourth-order valence-electron chi connectivity index (χ4n) is 4.68. The second kappa shape index (κ2) is 10.3. The number of aromatic amines is 1. The number of nitrogens with zero attached hydrogens (tertiary/aromatic N) is 4. The van der Waals surface area contributed by atoms with Crippen molar-refractivity contribution in [3.8, 4) is 11.4 Å². The van der Waals surface area contributed by atoms with E-state index in [0.717, 1.165) is 36.8 Å². The zero-order valence-electron chi connectivity index (χ0n) is 20.0. The number of aromatic nitrogens is 4. The highest BCUT2D eigenvalue weighted by molar-refractivity contribution is 5.63. The molecule has 2 aliphatic heterocycles. The lowest BCUT2D eigenvalue weighted by Gasteiger charge is -2.33. The highest BCUT2D eigenvalue weighted by Crippen LogP contribution is 2.34. The molecule has 2 fully saturated rings. The number of anilines is 2. The summed E-state index contributed by atoms with van der Waals surface area (Å²) in [6.07, 6.45) is 2.75. The SMILES string of the molecule is Cc1nc(-c2nc(Nc3ccc(CN4CCOC[C@@H]4C)cc3F)ncc2F)c(C2CCOCC2)[nH]1. The summed E-state index contributed by atoms with van der Waals surface area (Å²) >= 11 is 0. The van der Waals surface area contributed by atoms with Gasteiger partial charge in [-0.1, -0.05) is 6.07 Å². The molecule has 2 N–H and O–H groups in total. The summed E-state index contributed by atoms with van der Waals surface area (Å²) in [5.41, 5.74) is 2.50. The van der Waals surface area contributed by atoms with Gasteiger partial charge in [0.2, 0.25) is 5.95 Å². The van der Waals surface area contributed by atoms with E-state index >= 15 is 0 Å². The van der Waals surface area contributed by atoms with E-state index in [1.54, 1.807) is 6.07 Å². The number of hydrogen-bond acceptors (Lipinski definition) is 7. The Kier molecular flexibility index (Phi) is 7.03. The van der Waals surface area contributed by atoms with Crippen molar-refractivity contribution >= 4 is 11.6 Å². The number of imidazole rings is 1. The predicted molar refractivity (Wildman–Crippen MR) is 127 cm³/mol. The quantitative estimate of drug-likeness (QED) is 0.539. The first-order valence-corrected chi connectivity index (χ1v) is 12.0. The average Bonchev–Trinajstić information content (AvgIpc) is 3.25. The van der Waals surface area contributed by atoms with Gasteiger partial charge in [0.05, 0.1) is 25.1 Å². The van der Waals surface area contributed by atoms with Crippen LogP contribution >= 0.6 is 0 Å². The molecule has 35 heavy (non-hydrogen) atoms. The molecule has 1 aromatic carbocycles. The van der Waals surface area contributed by atoms with Crippen molar-refractivity contribution in [1.82, 2.24) is 24.8 Å². The third-order valence-electron chi connectivity index (χ3n) is 6.62. The molecule has 10 heteroatoms. The van der Waals surface area contributed by atoms with Crippen molar-refractivity contribution < 1.29 is 18.3 Å². The van der Waals surface area contributed by atoms with E-state index in [-0.39, 0.29) is 29.3 Å². The summed E-state index contributed by atoms with van der Waals surface area (Å²) in [5, 5.41) is 2.90. The van der Waals surface area contributed by atoms with Crippen molar-refractivity contribution in [2.75, 3.05) is 38.3 Å². The van der Waals surface area contributed by atoms with E-state index in [0.29, 0.717) is 44.5 Å². The maximum atomic E-state index is 14.9. The second-order valence-corrected chi connectivity index (χ2v) is 9.19. The van der Waals surface area contributed by atoms with Crippen LogP contribution in [0.3, 0.4) is 0 Å². The number of rotatable bonds is 6. The van der Waals surface area contributed by atoms with Crippen LogP contribution in [0.2, 0.25) is 0 Å². The first-order chi connectivity index (χ1) is 17.0. The Bertz CT molecular complexity index is 1180. The minimum Gasteiger partial charge on any atom is -0.381 e. The van der Waals surface area contributed by atoms with E-state index in [1.165, 1.54) is 6.07 Å². The van der Waals surface area contributed by atoms with E-state index in [1.807, 2.05) is 13.0 Å². The van der Waals surface area contributed by atoms with Crippen LogP contribution in [-0.2, 0) is 16.0 Å². The zero-order valence-corrected chi connectivity index (χ0v) is 20.0. The molecule has 1 atom stereocenters. The molecule has 4 heterocycles. The van der Waals surface area contributed by atoms with Crippen molar-refractivity contribution in [1.29, 1.82) is 0 Å².